The minimum Gasteiger partial charge on any atom is -0.282 e. The Labute approximate surface area is 50.2 Å². The molecule has 0 bridgehead atoms. The van der Waals surface area contributed by atoms with Crippen molar-refractivity contribution in [1.82, 2.24) is 5.48 Å². The molecule has 1 saturated heterocycles. The molecule has 47 valence electrons. The summed E-state index contributed by atoms with van der Waals surface area (Å²) in [5.74, 6) is 1.40. The van der Waals surface area contributed by atoms with E-state index in [9.17, 15) is 0 Å². The van der Waals surface area contributed by atoms with Gasteiger partial charge >= 0.3 is 0 Å². The quantitative estimate of drug-likeness (QED) is 0.494. The topological polar surface area (TPSA) is 23.3 Å². The Morgan fingerprint density at radius 2 is 2.38 bits per heavy atom. The molecule has 1 aliphatic rings. The van der Waals surface area contributed by atoms with Crippen LogP contribution in [0.15, 0.2) is 0 Å². The van der Waals surface area contributed by atoms with Crippen LogP contribution >= 0.6 is 0 Å². The number of hydrogen-bond donors (Lipinski definition) is 0. The molecule has 0 N–H and O–H groups in total. The summed E-state index contributed by atoms with van der Waals surface area (Å²) >= 11 is 0. The first-order chi connectivity index (χ1) is 3.80. The monoisotopic (exact) mass is 114 g/mol. The molecule has 2 nitrogen and oxygen atoms in total. The third kappa shape index (κ3) is 1.20. The second-order valence-electron chi connectivity index (χ2n) is 2.61. The van der Waals surface area contributed by atoms with Crippen LogP contribution in [-0.2, 0) is 4.84 Å². The van der Waals surface area contributed by atoms with Gasteiger partial charge in [0, 0.05) is 12.5 Å². The second-order valence-corrected chi connectivity index (χ2v) is 2.61. The normalized spacial score (nSPS) is 29.6. The fraction of sp³-hybridized carbons (Fsp3) is 1.00. The molecule has 0 spiro atoms. The van der Waals surface area contributed by atoms with Crippen LogP contribution in [0.25, 0.3) is 0 Å². The van der Waals surface area contributed by atoms with E-state index in [1.54, 1.807) is 0 Å². The molecular weight excluding hydrogens is 102 g/mol. The molecule has 0 saturated carbocycles. The van der Waals surface area contributed by atoms with E-state index in [2.05, 4.69) is 19.3 Å². The van der Waals surface area contributed by atoms with Crippen LogP contribution in [0.3, 0.4) is 0 Å². The van der Waals surface area contributed by atoms with E-state index < -0.39 is 0 Å². The lowest BCUT2D eigenvalue weighted by Crippen LogP contribution is -2.11. The van der Waals surface area contributed by atoms with Crippen LogP contribution < -0.4 is 5.48 Å². The molecule has 2 heteroatoms. The predicted octanol–water partition coefficient (Wildman–Crippen LogP) is 0.808. The Kier molecular flexibility index (Phi) is 1.86. The van der Waals surface area contributed by atoms with E-state index >= 15 is 0 Å². The molecule has 1 rings (SSSR count). The van der Waals surface area contributed by atoms with Crippen molar-refractivity contribution in [2.45, 2.75) is 13.8 Å². The maximum absolute atomic E-state index is 4.84. The molecule has 1 aliphatic heterocycles. The van der Waals surface area contributed by atoms with E-state index in [0.29, 0.717) is 5.92 Å². The summed E-state index contributed by atoms with van der Waals surface area (Å²) in [5.41, 5.74) is 3.79. The van der Waals surface area contributed by atoms with Crippen molar-refractivity contribution in [2.24, 2.45) is 11.8 Å². The standard InChI is InChI=1S/C6H12NO/c1-5(2)6-3-7-8-4-6/h5-6H,3-4H2,1-2H3. The maximum atomic E-state index is 4.84. The number of nitrogens with zero attached hydrogens (tertiary/aromatic N) is 1. The van der Waals surface area contributed by atoms with E-state index in [0.717, 1.165) is 19.1 Å². The second kappa shape index (κ2) is 2.46. The Balaban J connectivity index is 2.24. The van der Waals surface area contributed by atoms with Gasteiger partial charge in [-0.25, -0.2) is 0 Å². The van der Waals surface area contributed by atoms with Gasteiger partial charge in [-0.3, -0.25) is 4.84 Å². The van der Waals surface area contributed by atoms with Gasteiger partial charge in [-0.1, -0.05) is 19.3 Å². The van der Waals surface area contributed by atoms with Gasteiger partial charge in [0.15, 0.2) is 0 Å². The van der Waals surface area contributed by atoms with E-state index in [4.69, 9.17) is 4.84 Å². The van der Waals surface area contributed by atoms with Crippen LogP contribution in [0.4, 0.5) is 0 Å². The van der Waals surface area contributed by atoms with Gasteiger partial charge in [-0.2, -0.15) is 0 Å². The largest absolute Gasteiger partial charge is 0.282 e. The summed E-state index contributed by atoms with van der Waals surface area (Å²) in [6.45, 7) is 6.14. The van der Waals surface area contributed by atoms with Crippen LogP contribution in [0.1, 0.15) is 13.8 Å². The molecule has 1 fully saturated rings. The summed E-state index contributed by atoms with van der Waals surface area (Å²) in [5, 5.41) is 0. The average Bonchev–Trinajstić information content (AvgIpc) is 2.12. The van der Waals surface area contributed by atoms with Gasteiger partial charge in [-0.15, -0.1) is 0 Å². The molecule has 0 aromatic carbocycles. The zero-order valence-corrected chi connectivity index (χ0v) is 5.42. The first kappa shape index (κ1) is 6.05. The smallest absolute Gasteiger partial charge is 0.0747 e. The summed E-state index contributed by atoms with van der Waals surface area (Å²) < 4.78 is 0. The lowest BCUT2D eigenvalue weighted by molar-refractivity contribution is 0.0864. The maximum Gasteiger partial charge on any atom is 0.0747 e. The third-order valence-corrected chi connectivity index (χ3v) is 1.63. The van der Waals surface area contributed by atoms with E-state index in [1.165, 1.54) is 0 Å². The predicted molar refractivity (Wildman–Crippen MR) is 31.3 cm³/mol. The fourth-order valence-corrected chi connectivity index (χ4v) is 0.753. The van der Waals surface area contributed by atoms with Crippen molar-refractivity contribution < 1.29 is 4.84 Å². The molecule has 8 heavy (non-hydrogen) atoms. The average molecular weight is 114 g/mol. The molecule has 1 unspecified atom stereocenters. The Morgan fingerprint density at radius 1 is 1.62 bits per heavy atom. The molecule has 1 radical (unpaired) electrons. The molecule has 1 atom stereocenters. The van der Waals surface area contributed by atoms with Crippen LogP contribution in [0.5, 0.6) is 0 Å². The zero-order valence-electron chi connectivity index (χ0n) is 5.42. The van der Waals surface area contributed by atoms with E-state index in [1.807, 2.05) is 0 Å². The van der Waals surface area contributed by atoms with Crippen LogP contribution in [0.2, 0.25) is 0 Å². The third-order valence-electron chi connectivity index (χ3n) is 1.63. The van der Waals surface area contributed by atoms with Crippen LogP contribution in [-0.4, -0.2) is 13.2 Å². The molecular formula is C6H12NO. The Morgan fingerprint density at radius 3 is 2.62 bits per heavy atom. The molecule has 0 aromatic heterocycles. The Hall–Kier alpha value is -0.0800. The van der Waals surface area contributed by atoms with Gasteiger partial charge in [-0.05, 0) is 5.92 Å². The number of hydrogen-bond acceptors (Lipinski definition) is 1. The first-order valence-corrected chi connectivity index (χ1v) is 3.09. The fourth-order valence-electron chi connectivity index (χ4n) is 0.753. The van der Waals surface area contributed by atoms with Crippen molar-refractivity contribution in [2.75, 3.05) is 13.2 Å². The highest BCUT2D eigenvalue weighted by atomic mass is 16.7. The zero-order chi connectivity index (χ0) is 5.98. The summed E-state index contributed by atoms with van der Waals surface area (Å²) in [7, 11) is 0. The van der Waals surface area contributed by atoms with Gasteiger partial charge in [0.2, 0.25) is 0 Å². The van der Waals surface area contributed by atoms with Gasteiger partial charge in [0.1, 0.15) is 0 Å². The molecule has 0 aromatic rings. The van der Waals surface area contributed by atoms with Crippen molar-refractivity contribution in [3.8, 4) is 0 Å². The van der Waals surface area contributed by atoms with E-state index in [-0.39, 0.29) is 0 Å². The van der Waals surface area contributed by atoms with Crippen molar-refractivity contribution in [1.29, 1.82) is 0 Å². The first-order valence-electron chi connectivity index (χ1n) is 3.09. The molecule has 0 amide bonds. The van der Waals surface area contributed by atoms with Crippen molar-refractivity contribution in [3.63, 3.8) is 0 Å². The van der Waals surface area contributed by atoms with Gasteiger partial charge < -0.3 is 0 Å². The summed E-state index contributed by atoms with van der Waals surface area (Å²) in [6.07, 6.45) is 0. The highest BCUT2D eigenvalue weighted by Gasteiger charge is 2.19. The van der Waals surface area contributed by atoms with Crippen molar-refractivity contribution >= 4 is 0 Å². The highest BCUT2D eigenvalue weighted by molar-refractivity contribution is 4.65. The SMILES string of the molecule is CC(C)C1C[N]OC1. The molecule has 0 aliphatic carbocycles. The van der Waals surface area contributed by atoms with Crippen molar-refractivity contribution in [3.05, 3.63) is 0 Å². The lowest BCUT2D eigenvalue weighted by atomic mass is 9.98. The Bertz CT molecular complexity index is 66.9. The van der Waals surface area contributed by atoms with Gasteiger partial charge in [0.25, 0.3) is 0 Å². The summed E-state index contributed by atoms with van der Waals surface area (Å²) in [6, 6.07) is 0. The molecule has 1 heterocycles. The summed E-state index contributed by atoms with van der Waals surface area (Å²) in [4.78, 5) is 4.84. The van der Waals surface area contributed by atoms with Gasteiger partial charge in [0.05, 0.1) is 6.61 Å². The highest BCUT2D eigenvalue weighted by Crippen LogP contribution is 2.13. The minimum atomic E-state index is 0.676. The number of hydroxylamine groups is 1. The minimum absolute atomic E-state index is 0.676. The van der Waals surface area contributed by atoms with Crippen LogP contribution in [0, 0.1) is 11.8 Å². The number of rotatable bonds is 1. The lowest BCUT2D eigenvalue weighted by Gasteiger charge is -2.07.